The third kappa shape index (κ3) is 0.690. The first-order valence-electron chi connectivity index (χ1n) is 3.33. The Kier molecular flexibility index (Phi) is 1.14. The average molecular weight is 139 g/mol. The van der Waals surface area contributed by atoms with Gasteiger partial charge in [0, 0.05) is 6.08 Å². The van der Waals surface area contributed by atoms with Gasteiger partial charge in [-0.2, -0.15) is 0 Å². The molecule has 1 atom stereocenters. The first-order chi connectivity index (χ1) is 4.88. The van der Waals surface area contributed by atoms with E-state index in [4.69, 9.17) is 0 Å². The zero-order chi connectivity index (χ0) is 6.97. The van der Waals surface area contributed by atoms with Crippen molar-refractivity contribution >= 4 is 6.21 Å². The van der Waals surface area contributed by atoms with E-state index in [-0.39, 0.29) is 6.04 Å². The summed E-state index contributed by atoms with van der Waals surface area (Å²) in [6, 6.07) is -0.00579. The van der Waals surface area contributed by atoms with Crippen LogP contribution in [0.2, 0.25) is 0 Å². The number of hydrogen-bond donors (Lipinski definition) is 2. The fourth-order valence-electron chi connectivity index (χ4n) is 1.26. The largest absolute Gasteiger partial charge is 0.623 e. The first-order valence-corrected chi connectivity index (χ1v) is 3.33. The Bertz CT molecular complexity index is 209. The van der Waals surface area contributed by atoms with Crippen LogP contribution in [0.15, 0.2) is 11.8 Å². The number of nitrogens with zero attached hydrogens (tertiary/aromatic N) is 1. The molecule has 2 N–H and O–H groups in total. The zero-order valence-electron chi connectivity index (χ0n) is 5.50. The van der Waals surface area contributed by atoms with Crippen LogP contribution in [0.3, 0.4) is 0 Å². The fraction of sp³-hybridized carbons (Fsp3) is 0.500. The van der Waals surface area contributed by atoms with Gasteiger partial charge in [-0.25, -0.2) is 4.74 Å². The predicted molar refractivity (Wildman–Crippen MR) is 37.6 cm³/mol. The van der Waals surface area contributed by atoms with Gasteiger partial charge in [0.2, 0.25) is 6.04 Å². The van der Waals surface area contributed by atoms with Crippen molar-refractivity contribution in [3.05, 3.63) is 17.0 Å². The van der Waals surface area contributed by atoms with Gasteiger partial charge in [-0.1, -0.05) is 0 Å². The molecule has 0 aromatic rings. The molecule has 0 bridgehead atoms. The van der Waals surface area contributed by atoms with E-state index in [1.54, 1.807) is 6.21 Å². The normalized spacial score (nSPS) is 30.2. The lowest BCUT2D eigenvalue weighted by Gasteiger charge is -2.22. The van der Waals surface area contributed by atoms with Crippen LogP contribution in [0, 0.1) is 5.21 Å². The molecule has 2 heterocycles. The summed E-state index contributed by atoms with van der Waals surface area (Å²) in [4.78, 5) is 0. The van der Waals surface area contributed by atoms with Crippen LogP contribution in [0.1, 0.15) is 0 Å². The molecule has 1 unspecified atom stereocenters. The Labute approximate surface area is 58.8 Å². The smallest absolute Gasteiger partial charge is 0.215 e. The molecule has 54 valence electrons. The molecule has 0 saturated carbocycles. The maximum atomic E-state index is 10.9. The summed E-state index contributed by atoms with van der Waals surface area (Å²) >= 11 is 0. The Morgan fingerprint density at radius 3 is 3.40 bits per heavy atom. The number of fused-ring (bicyclic) bond motifs is 1. The maximum absolute atomic E-state index is 10.9. The highest BCUT2D eigenvalue weighted by Crippen LogP contribution is 2.08. The van der Waals surface area contributed by atoms with Crippen LogP contribution in [0.4, 0.5) is 0 Å². The van der Waals surface area contributed by atoms with E-state index in [9.17, 15) is 5.21 Å². The second kappa shape index (κ2) is 1.98. The summed E-state index contributed by atoms with van der Waals surface area (Å²) in [5.41, 5.74) is 1.04. The van der Waals surface area contributed by atoms with Crippen LogP contribution < -0.4 is 10.6 Å². The van der Waals surface area contributed by atoms with Gasteiger partial charge >= 0.3 is 0 Å². The van der Waals surface area contributed by atoms with Crippen molar-refractivity contribution in [3.8, 4) is 0 Å². The molecule has 1 fully saturated rings. The average Bonchev–Trinajstić information content (AvgIpc) is 2.34. The van der Waals surface area contributed by atoms with Gasteiger partial charge in [0.25, 0.3) is 0 Å². The van der Waals surface area contributed by atoms with E-state index in [0.717, 1.165) is 23.6 Å². The topological polar surface area (TPSA) is 50.1 Å². The van der Waals surface area contributed by atoms with Crippen LogP contribution in [-0.2, 0) is 0 Å². The molecule has 2 rings (SSSR count). The van der Waals surface area contributed by atoms with Gasteiger partial charge in [0.05, 0.1) is 18.9 Å². The minimum Gasteiger partial charge on any atom is -0.623 e. The van der Waals surface area contributed by atoms with Crippen molar-refractivity contribution in [3.63, 3.8) is 0 Å². The molecule has 4 nitrogen and oxygen atoms in total. The van der Waals surface area contributed by atoms with Crippen molar-refractivity contribution in [1.29, 1.82) is 0 Å². The van der Waals surface area contributed by atoms with Crippen molar-refractivity contribution in [1.82, 2.24) is 10.6 Å². The third-order valence-electron chi connectivity index (χ3n) is 1.82. The molecule has 0 aliphatic carbocycles. The van der Waals surface area contributed by atoms with Crippen LogP contribution in [0.5, 0.6) is 0 Å². The number of rotatable bonds is 0. The summed E-state index contributed by atoms with van der Waals surface area (Å²) in [5.74, 6) is 0. The van der Waals surface area contributed by atoms with Gasteiger partial charge in [-0.05, 0) is 0 Å². The number of nitrogens with one attached hydrogen (secondary N) is 2. The second-order valence-corrected chi connectivity index (χ2v) is 2.45. The second-order valence-electron chi connectivity index (χ2n) is 2.45. The quantitative estimate of drug-likeness (QED) is 0.334. The lowest BCUT2D eigenvalue weighted by Crippen LogP contribution is -2.47. The zero-order valence-corrected chi connectivity index (χ0v) is 5.50. The minimum absolute atomic E-state index is 0.00579. The van der Waals surface area contributed by atoms with Crippen molar-refractivity contribution in [2.45, 2.75) is 6.04 Å². The lowest BCUT2D eigenvalue weighted by molar-refractivity contribution is -0.481. The molecule has 0 radical (unpaired) electrons. The molecular formula is C6H9N3O. The van der Waals surface area contributed by atoms with Crippen LogP contribution in [-0.4, -0.2) is 30.2 Å². The monoisotopic (exact) mass is 139 g/mol. The molecule has 1 saturated heterocycles. The SMILES string of the molecule is [O-][N+]1=CC=C2NCNCC21. The standard InChI is InChI=1S/C6H9N3O/c10-9-2-1-5-6(9)3-7-4-8-5/h1-2,6-8H,3-4H2. The molecule has 2 aliphatic heterocycles. The van der Waals surface area contributed by atoms with Gasteiger partial charge in [0.1, 0.15) is 0 Å². The number of hydrogen-bond acceptors (Lipinski definition) is 3. The molecule has 0 aromatic heterocycles. The summed E-state index contributed by atoms with van der Waals surface area (Å²) in [5, 5.41) is 17.1. The third-order valence-corrected chi connectivity index (χ3v) is 1.82. The summed E-state index contributed by atoms with van der Waals surface area (Å²) in [6.07, 6.45) is 3.39. The molecule has 0 spiro atoms. The van der Waals surface area contributed by atoms with Gasteiger partial charge in [0.15, 0.2) is 6.21 Å². The molecule has 4 heteroatoms. The lowest BCUT2D eigenvalue weighted by atomic mass is 10.2. The molecule has 10 heavy (non-hydrogen) atoms. The van der Waals surface area contributed by atoms with Gasteiger partial charge in [-0.15, -0.1) is 0 Å². The Hall–Kier alpha value is -1.03. The van der Waals surface area contributed by atoms with E-state index < -0.39 is 0 Å². The molecular weight excluding hydrogens is 130 g/mol. The van der Waals surface area contributed by atoms with Crippen LogP contribution >= 0.6 is 0 Å². The fourth-order valence-corrected chi connectivity index (χ4v) is 1.26. The van der Waals surface area contributed by atoms with Gasteiger partial charge < -0.3 is 10.5 Å². The van der Waals surface area contributed by atoms with Crippen LogP contribution in [0.25, 0.3) is 0 Å². The Morgan fingerprint density at radius 1 is 1.70 bits per heavy atom. The summed E-state index contributed by atoms with van der Waals surface area (Å²) in [7, 11) is 0. The number of hydroxylamine groups is 1. The predicted octanol–water partition coefficient (Wildman–Crippen LogP) is -1.02. The van der Waals surface area contributed by atoms with E-state index in [0.29, 0.717) is 0 Å². The van der Waals surface area contributed by atoms with Crippen molar-refractivity contribution in [2.24, 2.45) is 0 Å². The Morgan fingerprint density at radius 2 is 2.60 bits per heavy atom. The van der Waals surface area contributed by atoms with E-state index in [1.807, 2.05) is 6.08 Å². The van der Waals surface area contributed by atoms with E-state index >= 15 is 0 Å². The summed E-state index contributed by atoms with van der Waals surface area (Å²) in [6.45, 7) is 1.52. The highest BCUT2D eigenvalue weighted by Gasteiger charge is 2.27. The van der Waals surface area contributed by atoms with Gasteiger partial charge in [-0.3, -0.25) is 5.32 Å². The van der Waals surface area contributed by atoms with Crippen molar-refractivity contribution in [2.75, 3.05) is 13.2 Å². The minimum atomic E-state index is -0.00579. The molecule has 2 aliphatic rings. The number of allylic oxidation sites excluding steroid dienone is 1. The van der Waals surface area contributed by atoms with Crippen molar-refractivity contribution < 1.29 is 4.74 Å². The first kappa shape index (κ1) is 5.73. The molecule has 0 amide bonds. The highest BCUT2D eigenvalue weighted by atomic mass is 16.5. The highest BCUT2D eigenvalue weighted by molar-refractivity contribution is 5.70. The van der Waals surface area contributed by atoms with E-state index in [2.05, 4.69) is 10.6 Å². The van der Waals surface area contributed by atoms with E-state index in [1.165, 1.54) is 0 Å². The summed E-state index contributed by atoms with van der Waals surface area (Å²) < 4.78 is 0.967. The maximum Gasteiger partial charge on any atom is 0.215 e. The Balaban J connectivity index is 2.19. The molecule has 0 aromatic carbocycles.